The number of hydrogen-bond donors (Lipinski definition) is 0. The minimum atomic E-state index is -2.71. The molecule has 4 heteroatoms. The lowest BCUT2D eigenvalue weighted by molar-refractivity contribution is -0.127. The monoisotopic (exact) mass is 219 g/mol. The number of ketones is 1. The lowest BCUT2D eigenvalue weighted by atomic mass is 9.99. The third-order valence-corrected chi connectivity index (χ3v) is 2.87. The van der Waals surface area contributed by atoms with Crippen LogP contribution in [0.1, 0.15) is 34.1 Å². The summed E-state index contributed by atoms with van der Waals surface area (Å²) in [6, 6.07) is -0.605. The van der Waals surface area contributed by atoms with E-state index in [0.29, 0.717) is 0 Å². The topological polar surface area (TPSA) is 20.3 Å². The second kappa shape index (κ2) is 4.16. The van der Waals surface area contributed by atoms with E-state index in [1.165, 1.54) is 0 Å². The summed E-state index contributed by atoms with van der Waals surface area (Å²) in [4.78, 5) is 13.4. The molecule has 2 nitrogen and oxygen atoms in total. The van der Waals surface area contributed by atoms with Gasteiger partial charge in [-0.15, -0.1) is 0 Å². The maximum absolute atomic E-state index is 13.2. The minimum Gasteiger partial charge on any atom is -0.298 e. The summed E-state index contributed by atoms with van der Waals surface area (Å²) in [5, 5.41) is 0. The van der Waals surface area contributed by atoms with E-state index in [1.54, 1.807) is 18.7 Å². The highest BCUT2D eigenvalue weighted by atomic mass is 19.3. The molecule has 0 bridgehead atoms. The van der Waals surface area contributed by atoms with Gasteiger partial charge in [0.05, 0.1) is 12.6 Å². The van der Waals surface area contributed by atoms with Crippen LogP contribution in [0.25, 0.3) is 0 Å². The van der Waals surface area contributed by atoms with Gasteiger partial charge in [-0.05, 0) is 13.8 Å². The maximum atomic E-state index is 13.2. The highest BCUT2D eigenvalue weighted by molar-refractivity contribution is 5.86. The molecule has 1 saturated heterocycles. The van der Waals surface area contributed by atoms with Crippen LogP contribution in [0.5, 0.6) is 0 Å². The van der Waals surface area contributed by atoms with Crippen LogP contribution in [0.2, 0.25) is 0 Å². The van der Waals surface area contributed by atoms with Gasteiger partial charge >= 0.3 is 0 Å². The van der Waals surface area contributed by atoms with E-state index in [9.17, 15) is 13.6 Å². The number of carbonyl (C=O) groups excluding carboxylic acids is 1. The van der Waals surface area contributed by atoms with Crippen LogP contribution >= 0.6 is 0 Å². The lowest BCUT2D eigenvalue weighted by Crippen LogP contribution is -2.42. The van der Waals surface area contributed by atoms with Gasteiger partial charge in [-0.1, -0.05) is 13.8 Å². The molecule has 1 unspecified atom stereocenters. The molecule has 0 saturated carbocycles. The van der Waals surface area contributed by atoms with Gasteiger partial charge in [-0.2, -0.15) is 0 Å². The highest BCUT2D eigenvalue weighted by Gasteiger charge is 2.48. The molecular weight excluding hydrogens is 200 g/mol. The molecule has 0 aliphatic carbocycles. The van der Waals surface area contributed by atoms with Gasteiger partial charge in [0.2, 0.25) is 0 Å². The van der Waals surface area contributed by atoms with Gasteiger partial charge in [0.1, 0.15) is 0 Å². The fraction of sp³-hybridized carbons (Fsp3) is 0.909. The Hall–Kier alpha value is -0.510. The number of hydrogen-bond acceptors (Lipinski definition) is 2. The normalized spacial score (nSPS) is 26.5. The summed E-state index contributed by atoms with van der Waals surface area (Å²) < 4.78 is 26.5. The number of carbonyl (C=O) groups is 1. The van der Waals surface area contributed by atoms with Crippen molar-refractivity contribution < 1.29 is 13.6 Å². The predicted octanol–water partition coefficient (Wildman–Crippen LogP) is 2.33. The Morgan fingerprint density at radius 1 is 1.33 bits per heavy atom. The first-order valence-corrected chi connectivity index (χ1v) is 5.42. The van der Waals surface area contributed by atoms with Crippen molar-refractivity contribution in [3.8, 4) is 0 Å². The van der Waals surface area contributed by atoms with Crippen LogP contribution in [-0.4, -0.2) is 35.2 Å². The first kappa shape index (κ1) is 12.6. The zero-order valence-corrected chi connectivity index (χ0v) is 9.76. The van der Waals surface area contributed by atoms with E-state index in [4.69, 9.17) is 0 Å². The molecule has 0 aromatic carbocycles. The van der Waals surface area contributed by atoms with Crippen LogP contribution < -0.4 is 0 Å². The molecule has 1 fully saturated rings. The van der Waals surface area contributed by atoms with Gasteiger partial charge in [-0.25, -0.2) is 8.78 Å². The van der Waals surface area contributed by atoms with Crippen LogP contribution in [0, 0.1) is 5.92 Å². The molecule has 0 aromatic rings. The molecule has 88 valence electrons. The molecule has 15 heavy (non-hydrogen) atoms. The van der Waals surface area contributed by atoms with Gasteiger partial charge in [-0.3, -0.25) is 9.69 Å². The molecule has 0 radical (unpaired) electrons. The predicted molar refractivity (Wildman–Crippen MR) is 55.0 cm³/mol. The summed E-state index contributed by atoms with van der Waals surface area (Å²) in [6.07, 6.45) is -0.317. The molecule has 0 spiro atoms. The molecule has 0 amide bonds. The first-order chi connectivity index (χ1) is 6.74. The van der Waals surface area contributed by atoms with Crippen molar-refractivity contribution in [2.24, 2.45) is 5.92 Å². The molecule has 1 aliphatic rings. The summed E-state index contributed by atoms with van der Waals surface area (Å²) in [7, 11) is 0. The van der Waals surface area contributed by atoms with Crippen LogP contribution in [0.15, 0.2) is 0 Å². The number of halogens is 2. The SMILES string of the molecule is CC(C)C(=O)C1CC(F)(F)CN1C(C)C. The van der Waals surface area contributed by atoms with E-state index < -0.39 is 12.0 Å². The number of Topliss-reactive ketones (excluding diaryl/α,β-unsaturated/α-hetero) is 1. The van der Waals surface area contributed by atoms with Crippen LogP contribution in [0.3, 0.4) is 0 Å². The van der Waals surface area contributed by atoms with Crippen LogP contribution in [-0.2, 0) is 4.79 Å². The molecule has 0 N–H and O–H groups in total. The smallest absolute Gasteiger partial charge is 0.262 e. The Balaban J connectivity index is 2.82. The van der Waals surface area contributed by atoms with Crippen LogP contribution in [0.4, 0.5) is 8.78 Å². The second-order valence-corrected chi connectivity index (χ2v) is 4.90. The van der Waals surface area contributed by atoms with E-state index >= 15 is 0 Å². The number of alkyl halides is 2. The lowest BCUT2D eigenvalue weighted by Gasteiger charge is -2.27. The van der Waals surface area contributed by atoms with Crippen molar-refractivity contribution in [3.05, 3.63) is 0 Å². The van der Waals surface area contributed by atoms with Gasteiger partial charge < -0.3 is 0 Å². The quantitative estimate of drug-likeness (QED) is 0.726. The number of likely N-dealkylation sites (tertiary alicyclic amines) is 1. The minimum absolute atomic E-state index is 0.00826. The summed E-state index contributed by atoms with van der Waals surface area (Å²) in [5.41, 5.74) is 0. The molecule has 1 rings (SSSR count). The average molecular weight is 219 g/mol. The van der Waals surface area contributed by atoms with E-state index in [-0.39, 0.29) is 30.7 Å². The van der Waals surface area contributed by atoms with E-state index in [0.717, 1.165) is 0 Å². The highest BCUT2D eigenvalue weighted by Crippen LogP contribution is 2.34. The van der Waals surface area contributed by atoms with Gasteiger partial charge in [0.15, 0.2) is 5.78 Å². The van der Waals surface area contributed by atoms with Crippen molar-refractivity contribution in [2.75, 3.05) is 6.54 Å². The summed E-state index contributed by atoms with van der Waals surface area (Å²) >= 11 is 0. The molecular formula is C11H19F2NO. The average Bonchev–Trinajstić information content (AvgIpc) is 2.40. The Morgan fingerprint density at radius 2 is 1.87 bits per heavy atom. The second-order valence-electron chi connectivity index (χ2n) is 4.90. The van der Waals surface area contributed by atoms with E-state index in [2.05, 4.69) is 0 Å². The largest absolute Gasteiger partial charge is 0.298 e. The fourth-order valence-electron chi connectivity index (χ4n) is 2.03. The number of rotatable bonds is 3. The zero-order valence-electron chi connectivity index (χ0n) is 9.76. The van der Waals surface area contributed by atoms with Gasteiger partial charge in [0.25, 0.3) is 5.92 Å². The zero-order chi connectivity index (χ0) is 11.8. The Bertz CT molecular complexity index is 251. The van der Waals surface area contributed by atoms with Gasteiger partial charge in [0, 0.05) is 18.4 Å². The summed E-state index contributed by atoms with van der Waals surface area (Å²) in [5.74, 6) is -2.95. The Labute approximate surface area is 89.6 Å². The molecule has 1 heterocycles. The third kappa shape index (κ3) is 2.74. The first-order valence-electron chi connectivity index (χ1n) is 5.42. The van der Waals surface area contributed by atoms with Crippen molar-refractivity contribution in [1.29, 1.82) is 0 Å². The molecule has 1 atom stereocenters. The standard InChI is InChI=1S/C11H19F2NO/c1-7(2)10(15)9-5-11(12,13)6-14(9)8(3)4/h7-9H,5-6H2,1-4H3. The fourth-order valence-corrected chi connectivity index (χ4v) is 2.03. The Morgan fingerprint density at radius 3 is 2.27 bits per heavy atom. The Kier molecular flexibility index (Phi) is 3.48. The van der Waals surface area contributed by atoms with Crippen molar-refractivity contribution in [1.82, 2.24) is 4.90 Å². The number of nitrogens with zero attached hydrogens (tertiary/aromatic N) is 1. The molecule has 1 aliphatic heterocycles. The van der Waals surface area contributed by atoms with Crippen molar-refractivity contribution >= 4 is 5.78 Å². The molecule has 0 aromatic heterocycles. The third-order valence-electron chi connectivity index (χ3n) is 2.87. The van der Waals surface area contributed by atoms with Crippen molar-refractivity contribution in [3.63, 3.8) is 0 Å². The summed E-state index contributed by atoms with van der Waals surface area (Å²) in [6.45, 7) is 6.94. The van der Waals surface area contributed by atoms with E-state index in [1.807, 2.05) is 13.8 Å². The van der Waals surface area contributed by atoms with Crippen molar-refractivity contribution in [2.45, 2.75) is 52.1 Å². The maximum Gasteiger partial charge on any atom is 0.262 e.